The fourth-order valence-electron chi connectivity index (χ4n) is 6.39. The average molecular weight is 608 g/mol. The van der Waals surface area contributed by atoms with Gasteiger partial charge in [0.2, 0.25) is 0 Å². The number of aromatic nitrogens is 1. The summed E-state index contributed by atoms with van der Waals surface area (Å²) in [5, 5.41) is 8.86. The average Bonchev–Trinajstić information content (AvgIpc) is 3.05. The van der Waals surface area contributed by atoms with Gasteiger partial charge in [0.15, 0.2) is 0 Å². The molecule has 10 nitrogen and oxygen atoms in total. The van der Waals surface area contributed by atoms with Gasteiger partial charge in [-0.25, -0.2) is 4.79 Å². The summed E-state index contributed by atoms with van der Waals surface area (Å²) in [4.78, 5) is 41.4. The number of pyridine rings is 1. The normalized spacial score (nSPS) is 16.7. The first kappa shape index (κ1) is 29.8. The van der Waals surface area contributed by atoms with E-state index in [9.17, 15) is 14.4 Å². The highest BCUT2D eigenvalue weighted by Gasteiger charge is 2.35. The molecule has 1 saturated heterocycles. The maximum absolute atomic E-state index is 13.4. The minimum atomic E-state index is -0.476. The van der Waals surface area contributed by atoms with Crippen LogP contribution in [0.1, 0.15) is 34.0 Å². The molecule has 3 aromatic carbocycles. The molecule has 4 aromatic rings. The van der Waals surface area contributed by atoms with E-state index in [0.717, 1.165) is 29.9 Å². The van der Waals surface area contributed by atoms with Gasteiger partial charge in [-0.3, -0.25) is 9.59 Å². The van der Waals surface area contributed by atoms with Crippen molar-refractivity contribution < 1.29 is 19.1 Å². The Bertz CT molecular complexity index is 1760. The number of ether oxygens (including phenoxy) is 2. The van der Waals surface area contributed by atoms with E-state index in [1.807, 2.05) is 53.1 Å². The third-order valence-electron chi connectivity index (χ3n) is 8.53. The lowest BCUT2D eigenvalue weighted by Gasteiger charge is -2.44. The van der Waals surface area contributed by atoms with Crippen LogP contribution in [-0.4, -0.2) is 50.4 Å². The molecule has 2 aliphatic heterocycles. The highest BCUT2D eigenvalue weighted by molar-refractivity contribution is 6.04. The van der Waals surface area contributed by atoms with Gasteiger partial charge in [0.05, 0.1) is 31.3 Å². The van der Waals surface area contributed by atoms with E-state index < -0.39 is 6.03 Å². The summed E-state index contributed by atoms with van der Waals surface area (Å²) in [5.41, 5.74) is 4.46. The van der Waals surface area contributed by atoms with Crippen LogP contribution in [0.5, 0.6) is 11.5 Å². The van der Waals surface area contributed by atoms with Crippen LogP contribution in [0.2, 0.25) is 0 Å². The number of benzene rings is 3. The number of piperidine rings is 1. The van der Waals surface area contributed by atoms with Crippen LogP contribution < -0.4 is 35.9 Å². The Labute approximate surface area is 262 Å². The molecule has 10 heteroatoms. The molecule has 2 atom stereocenters. The van der Waals surface area contributed by atoms with Gasteiger partial charge in [-0.2, -0.15) is 0 Å². The number of fused-ring (bicyclic) bond motifs is 4. The van der Waals surface area contributed by atoms with E-state index >= 15 is 0 Å². The van der Waals surface area contributed by atoms with Crippen molar-refractivity contribution >= 4 is 29.0 Å². The number of carbonyl (C=O) groups is 2. The molecule has 0 unspecified atom stereocenters. The maximum atomic E-state index is 13.4. The number of nitrogens with one attached hydrogen (secondary N) is 3. The van der Waals surface area contributed by atoms with Gasteiger partial charge < -0.3 is 34.9 Å². The van der Waals surface area contributed by atoms with Gasteiger partial charge in [0.25, 0.3) is 11.5 Å². The summed E-state index contributed by atoms with van der Waals surface area (Å²) in [6.45, 7) is 2.55. The van der Waals surface area contributed by atoms with Gasteiger partial charge in [-0.15, -0.1) is 0 Å². The smallest absolute Gasteiger partial charge is 0.323 e. The summed E-state index contributed by atoms with van der Waals surface area (Å²) in [5.74, 6) is 1.29. The molecular weight excluding hydrogens is 570 g/mol. The first-order valence-corrected chi connectivity index (χ1v) is 15.1. The van der Waals surface area contributed by atoms with E-state index in [0.29, 0.717) is 54.5 Å². The van der Waals surface area contributed by atoms with E-state index in [1.54, 1.807) is 43.5 Å². The first-order valence-electron chi connectivity index (χ1n) is 15.1. The van der Waals surface area contributed by atoms with E-state index in [4.69, 9.17) is 9.47 Å². The molecule has 3 amide bonds. The number of anilines is 3. The predicted octanol–water partition coefficient (Wildman–Crippen LogP) is 5.11. The Morgan fingerprint density at radius 3 is 2.47 bits per heavy atom. The van der Waals surface area contributed by atoms with E-state index in [1.165, 1.54) is 7.11 Å². The third-order valence-corrected chi connectivity index (χ3v) is 8.53. The Morgan fingerprint density at radius 1 is 0.844 bits per heavy atom. The summed E-state index contributed by atoms with van der Waals surface area (Å²) in [6.07, 6.45) is 1.71. The molecule has 0 saturated carbocycles. The quantitative estimate of drug-likeness (QED) is 0.244. The molecule has 0 radical (unpaired) electrons. The first-order chi connectivity index (χ1) is 21.9. The highest BCUT2D eigenvalue weighted by atomic mass is 16.5. The summed E-state index contributed by atoms with van der Waals surface area (Å²) in [6, 6.07) is 25.5. The Morgan fingerprint density at radius 2 is 1.67 bits per heavy atom. The molecular formula is C35H37N5O5. The van der Waals surface area contributed by atoms with E-state index in [2.05, 4.69) is 20.9 Å². The fourth-order valence-corrected chi connectivity index (χ4v) is 6.39. The van der Waals surface area contributed by atoms with Crippen molar-refractivity contribution in [1.29, 1.82) is 0 Å². The van der Waals surface area contributed by atoms with Crippen LogP contribution in [0.4, 0.5) is 21.9 Å². The van der Waals surface area contributed by atoms with E-state index in [-0.39, 0.29) is 23.3 Å². The SMILES string of the molecule is COc1ccc(NC(=O)Nc2cc(C(=O)NCCc3ccccc3)ccc2N2C[C@H]3C[C@@H](C2)c2cccc(=O)n2C3)c(OC)c1. The number of nitrogens with zero attached hydrogens (tertiary/aromatic N) is 2. The third kappa shape index (κ3) is 6.64. The van der Waals surface area contributed by atoms with Crippen molar-refractivity contribution in [2.45, 2.75) is 25.3 Å². The highest BCUT2D eigenvalue weighted by Crippen LogP contribution is 2.39. The zero-order chi connectivity index (χ0) is 31.3. The van der Waals surface area contributed by atoms with Crippen molar-refractivity contribution in [1.82, 2.24) is 9.88 Å². The van der Waals surface area contributed by atoms with Crippen LogP contribution >= 0.6 is 0 Å². The van der Waals surface area contributed by atoms with Crippen LogP contribution in [0.25, 0.3) is 0 Å². The molecule has 232 valence electrons. The second kappa shape index (κ2) is 13.2. The van der Waals surface area contributed by atoms with Gasteiger partial charge >= 0.3 is 6.03 Å². The summed E-state index contributed by atoms with van der Waals surface area (Å²) in [7, 11) is 3.09. The number of methoxy groups -OCH3 is 2. The van der Waals surface area contributed by atoms with Crippen molar-refractivity contribution in [3.05, 3.63) is 112 Å². The minimum Gasteiger partial charge on any atom is -0.497 e. The number of urea groups is 1. The second-order valence-corrected chi connectivity index (χ2v) is 11.5. The van der Waals surface area contributed by atoms with Crippen molar-refractivity contribution in [2.24, 2.45) is 5.92 Å². The van der Waals surface area contributed by atoms with Gasteiger partial charge in [-0.1, -0.05) is 36.4 Å². The number of hydrogen-bond acceptors (Lipinski definition) is 6. The second-order valence-electron chi connectivity index (χ2n) is 11.5. The minimum absolute atomic E-state index is 0.0336. The Balaban J connectivity index is 1.25. The van der Waals surface area contributed by atoms with Gasteiger partial charge in [-0.05, 0) is 60.7 Å². The molecule has 3 heterocycles. The molecule has 0 spiro atoms. The molecule has 3 N–H and O–H groups in total. The van der Waals surface area contributed by atoms with Gasteiger partial charge in [0, 0.05) is 55.5 Å². The summed E-state index contributed by atoms with van der Waals surface area (Å²) >= 11 is 0. The van der Waals surface area contributed by atoms with Crippen molar-refractivity contribution in [3.63, 3.8) is 0 Å². The largest absolute Gasteiger partial charge is 0.497 e. The number of carbonyl (C=O) groups excluding carboxylic acids is 2. The lowest BCUT2D eigenvalue weighted by atomic mass is 9.83. The van der Waals surface area contributed by atoms with Crippen molar-refractivity contribution in [2.75, 3.05) is 49.4 Å². The Kier molecular flexibility index (Phi) is 8.72. The molecule has 2 aliphatic rings. The lowest BCUT2D eigenvalue weighted by Crippen LogP contribution is -2.47. The van der Waals surface area contributed by atoms with Gasteiger partial charge in [0.1, 0.15) is 11.5 Å². The molecule has 1 fully saturated rings. The van der Waals surface area contributed by atoms with Crippen LogP contribution in [0, 0.1) is 5.92 Å². The molecule has 1 aromatic heterocycles. The predicted molar refractivity (Wildman–Crippen MR) is 175 cm³/mol. The number of amides is 3. The fraction of sp³-hybridized carbons (Fsp3) is 0.286. The molecule has 45 heavy (non-hydrogen) atoms. The van der Waals surface area contributed by atoms with Crippen molar-refractivity contribution in [3.8, 4) is 11.5 Å². The molecule has 0 aliphatic carbocycles. The zero-order valence-corrected chi connectivity index (χ0v) is 25.4. The monoisotopic (exact) mass is 607 g/mol. The summed E-state index contributed by atoms with van der Waals surface area (Å²) < 4.78 is 12.6. The Hall–Kier alpha value is -5.25. The molecule has 6 rings (SSSR count). The standard InChI is InChI=1S/C35H37N5O5/c1-44-27-12-13-28(32(19-27)45-2)37-35(43)38-29-18-25(34(42)36-16-15-23-7-4-3-5-8-23)11-14-31(29)39-20-24-17-26(22-39)30-9-6-10-33(41)40(30)21-24/h3-14,18-19,24,26H,15-17,20-22H2,1-2H3,(H,36,42)(H2,37,38,43)/t24-,26+/m1/s1. The number of hydrogen-bond donors (Lipinski definition) is 3. The maximum Gasteiger partial charge on any atom is 0.323 e. The molecule has 2 bridgehead atoms. The van der Waals surface area contributed by atoms with Crippen LogP contribution in [0.15, 0.2) is 89.7 Å². The topological polar surface area (TPSA) is 114 Å². The van der Waals surface area contributed by atoms with Crippen LogP contribution in [-0.2, 0) is 13.0 Å². The van der Waals surface area contributed by atoms with Crippen LogP contribution in [0.3, 0.4) is 0 Å². The zero-order valence-electron chi connectivity index (χ0n) is 25.4. The lowest BCUT2D eigenvalue weighted by molar-refractivity contribution is 0.0954. The number of rotatable bonds is 9.